The summed E-state index contributed by atoms with van der Waals surface area (Å²) >= 11 is 0. The van der Waals surface area contributed by atoms with Crippen molar-refractivity contribution >= 4 is 11.9 Å². The van der Waals surface area contributed by atoms with E-state index in [1.807, 2.05) is 0 Å². The first kappa shape index (κ1) is 13.4. The molecule has 2 aliphatic rings. The van der Waals surface area contributed by atoms with Crippen molar-refractivity contribution in [2.75, 3.05) is 0 Å². The van der Waals surface area contributed by atoms with Gasteiger partial charge in [-0.1, -0.05) is 13.3 Å². The maximum absolute atomic E-state index is 11.1. The molecule has 2 saturated carbocycles. The molecule has 0 aromatic heterocycles. The Bertz CT molecular complexity index is 333. The fourth-order valence-corrected chi connectivity index (χ4v) is 4.80. The molecule has 4 nitrogen and oxygen atoms in total. The molecule has 0 aliphatic heterocycles. The molecule has 2 bridgehead atoms. The van der Waals surface area contributed by atoms with E-state index < -0.39 is 11.9 Å². The molecule has 102 valence electrons. The zero-order valence-corrected chi connectivity index (χ0v) is 10.9. The van der Waals surface area contributed by atoms with Gasteiger partial charge in [0.1, 0.15) is 0 Å². The summed E-state index contributed by atoms with van der Waals surface area (Å²) in [6.45, 7) is 2.14. The van der Waals surface area contributed by atoms with Crippen LogP contribution in [-0.2, 0) is 9.59 Å². The number of carbonyl (C=O) groups is 2. The van der Waals surface area contributed by atoms with Gasteiger partial charge in [-0.3, -0.25) is 9.59 Å². The highest BCUT2D eigenvalue weighted by Gasteiger charge is 2.51. The highest BCUT2D eigenvalue weighted by Crippen LogP contribution is 2.60. The Morgan fingerprint density at radius 2 is 1.50 bits per heavy atom. The van der Waals surface area contributed by atoms with Gasteiger partial charge in [0.2, 0.25) is 0 Å². The van der Waals surface area contributed by atoms with Crippen LogP contribution in [0.25, 0.3) is 0 Å². The van der Waals surface area contributed by atoms with Gasteiger partial charge in [0.05, 0.1) is 12.8 Å². The predicted molar refractivity (Wildman–Crippen MR) is 66.2 cm³/mol. The summed E-state index contributed by atoms with van der Waals surface area (Å²) in [7, 11) is 0. The summed E-state index contributed by atoms with van der Waals surface area (Å²) in [5.41, 5.74) is -0.283. The average molecular weight is 254 g/mol. The van der Waals surface area contributed by atoms with E-state index >= 15 is 0 Å². The molecule has 2 rings (SSSR count). The number of aliphatic carboxylic acids is 2. The van der Waals surface area contributed by atoms with Crippen LogP contribution in [-0.4, -0.2) is 22.2 Å². The SMILES string of the molecule is CC1C[C@@]2(CC(=O)O)CCC[C@@](CC(=O)O)(C1)C2. The Hall–Kier alpha value is -1.06. The van der Waals surface area contributed by atoms with E-state index in [2.05, 4.69) is 6.92 Å². The summed E-state index contributed by atoms with van der Waals surface area (Å²) in [4.78, 5) is 22.2. The van der Waals surface area contributed by atoms with Gasteiger partial charge in [0.15, 0.2) is 0 Å². The van der Waals surface area contributed by atoms with E-state index in [-0.39, 0.29) is 23.7 Å². The first-order valence-electron chi connectivity index (χ1n) is 6.78. The number of hydrogen-bond donors (Lipinski definition) is 2. The Balaban J connectivity index is 2.22. The van der Waals surface area contributed by atoms with E-state index in [0.717, 1.165) is 38.5 Å². The van der Waals surface area contributed by atoms with Gasteiger partial charge in [0.25, 0.3) is 0 Å². The van der Waals surface area contributed by atoms with Gasteiger partial charge in [0, 0.05) is 0 Å². The lowest BCUT2D eigenvalue weighted by atomic mass is 9.51. The van der Waals surface area contributed by atoms with Crippen molar-refractivity contribution in [2.24, 2.45) is 16.7 Å². The maximum Gasteiger partial charge on any atom is 0.303 e. The van der Waals surface area contributed by atoms with E-state index in [1.54, 1.807) is 0 Å². The van der Waals surface area contributed by atoms with Crippen LogP contribution in [0.15, 0.2) is 0 Å². The number of hydrogen-bond acceptors (Lipinski definition) is 2. The molecule has 0 aromatic rings. The van der Waals surface area contributed by atoms with Gasteiger partial charge in [-0.25, -0.2) is 0 Å². The quantitative estimate of drug-likeness (QED) is 0.809. The molecule has 0 saturated heterocycles. The highest BCUT2D eigenvalue weighted by molar-refractivity contribution is 5.69. The van der Waals surface area contributed by atoms with Crippen LogP contribution in [0, 0.1) is 16.7 Å². The molecular formula is C14H22O4. The fraction of sp³-hybridized carbons (Fsp3) is 0.857. The van der Waals surface area contributed by atoms with Crippen LogP contribution in [0.1, 0.15) is 58.3 Å². The summed E-state index contributed by atoms with van der Waals surface area (Å²) in [5, 5.41) is 18.2. The molecule has 0 radical (unpaired) electrons. The van der Waals surface area contributed by atoms with Gasteiger partial charge >= 0.3 is 11.9 Å². The minimum atomic E-state index is -0.741. The fourth-order valence-electron chi connectivity index (χ4n) is 4.80. The topological polar surface area (TPSA) is 74.6 Å². The van der Waals surface area contributed by atoms with Gasteiger partial charge in [-0.05, 0) is 48.9 Å². The molecule has 0 heterocycles. The third-order valence-corrected chi connectivity index (χ3v) is 4.78. The minimum Gasteiger partial charge on any atom is -0.481 e. The summed E-state index contributed by atoms with van der Waals surface area (Å²) in [6, 6.07) is 0. The second kappa shape index (κ2) is 4.56. The first-order valence-corrected chi connectivity index (χ1v) is 6.78. The zero-order chi connectivity index (χ0) is 13.4. The van der Waals surface area contributed by atoms with Crippen molar-refractivity contribution in [3.05, 3.63) is 0 Å². The van der Waals surface area contributed by atoms with Crippen molar-refractivity contribution in [3.63, 3.8) is 0 Å². The van der Waals surface area contributed by atoms with Crippen molar-refractivity contribution in [1.29, 1.82) is 0 Å². The second-order valence-electron chi connectivity index (χ2n) is 6.68. The molecule has 3 atom stereocenters. The van der Waals surface area contributed by atoms with Crippen LogP contribution in [0.2, 0.25) is 0 Å². The monoisotopic (exact) mass is 254 g/mol. The van der Waals surface area contributed by atoms with Crippen LogP contribution in [0.4, 0.5) is 0 Å². The molecule has 2 N–H and O–H groups in total. The lowest BCUT2D eigenvalue weighted by Gasteiger charge is -2.53. The molecule has 1 unspecified atom stereocenters. The standard InChI is InChI=1S/C14H22O4/c1-10-5-13(7-11(15)16)3-2-4-14(6-10,9-13)8-12(17)18/h10H,2-9H2,1H3,(H,15,16)(H,17,18)/t10?,13-,14+. The predicted octanol–water partition coefficient (Wildman–Crippen LogP) is 2.91. The van der Waals surface area contributed by atoms with Gasteiger partial charge < -0.3 is 10.2 Å². The third-order valence-electron chi connectivity index (χ3n) is 4.78. The normalized spacial score (nSPS) is 39.3. The lowest BCUT2D eigenvalue weighted by molar-refractivity contribution is -0.147. The molecule has 2 fully saturated rings. The van der Waals surface area contributed by atoms with Crippen LogP contribution in [0.3, 0.4) is 0 Å². The summed E-state index contributed by atoms with van der Waals surface area (Å²) < 4.78 is 0. The van der Waals surface area contributed by atoms with Gasteiger partial charge in [-0.2, -0.15) is 0 Å². The Morgan fingerprint density at radius 3 is 1.89 bits per heavy atom. The number of carboxylic acid groups (broad SMARTS) is 2. The first-order chi connectivity index (χ1) is 8.35. The van der Waals surface area contributed by atoms with Crippen LogP contribution >= 0.6 is 0 Å². The third kappa shape index (κ3) is 2.68. The van der Waals surface area contributed by atoms with E-state index in [0.29, 0.717) is 5.92 Å². The maximum atomic E-state index is 11.1. The number of carboxylic acids is 2. The number of rotatable bonds is 4. The Kier molecular flexibility index (Phi) is 3.39. The molecule has 0 amide bonds. The smallest absolute Gasteiger partial charge is 0.303 e. The number of fused-ring (bicyclic) bond motifs is 2. The van der Waals surface area contributed by atoms with E-state index in [4.69, 9.17) is 10.2 Å². The van der Waals surface area contributed by atoms with Crippen LogP contribution in [0.5, 0.6) is 0 Å². The summed E-state index contributed by atoms with van der Waals surface area (Å²) in [6.07, 6.45) is 5.98. The van der Waals surface area contributed by atoms with Gasteiger partial charge in [-0.15, -0.1) is 0 Å². The molecule has 18 heavy (non-hydrogen) atoms. The Labute approximate surface area is 107 Å². The van der Waals surface area contributed by atoms with Crippen molar-refractivity contribution < 1.29 is 19.8 Å². The molecule has 0 spiro atoms. The van der Waals surface area contributed by atoms with Crippen molar-refractivity contribution in [2.45, 2.75) is 58.3 Å². The molecule has 4 heteroatoms. The van der Waals surface area contributed by atoms with Crippen molar-refractivity contribution in [3.8, 4) is 0 Å². The van der Waals surface area contributed by atoms with Crippen LogP contribution < -0.4 is 0 Å². The highest BCUT2D eigenvalue weighted by atomic mass is 16.4. The van der Waals surface area contributed by atoms with Crippen molar-refractivity contribution in [1.82, 2.24) is 0 Å². The molecular weight excluding hydrogens is 232 g/mol. The summed E-state index contributed by atoms with van der Waals surface area (Å²) in [5.74, 6) is -1.04. The minimum absolute atomic E-state index is 0.142. The Morgan fingerprint density at radius 1 is 1.06 bits per heavy atom. The van der Waals surface area contributed by atoms with E-state index in [1.165, 1.54) is 0 Å². The zero-order valence-electron chi connectivity index (χ0n) is 10.9. The van der Waals surface area contributed by atoms with E-state index in [9.17, 15) is 9.59 Å². The second-order valence-corrected chi connectivity index (χ2v) is 6.68. The average Bonchev–Trinajstić information content (AvgIpc) is 2.11. The molecule has 0 aromatic carbocycles. The molecule has 2 aliphatic carbocycles. The lowest BCUT2D eigenvalue weighted by Crippen LogP contribution is -2.45. The largest absolute Gasteiger partial charge is 0.481 e.